The van der Waals surface area contributed by atoms with E-state index in [9.17, 15) is 14.7 Å². The third-order valence-electron chi connectivity index (χ3n) is 7.30. The lowest BCUT2D eigenvalue weighted by Gasteiger charge is -2.19. The number of aromatic nitrogens is 3. The van der Waals surface area contributed by atoms with Crippen LogP contribution in [0.1, 0.15) is 68.8 Å². The minimum atomic E-state index is -0.260. The van der Waals surface area contributed by atoms with Crippen molar-refractivity contribution in [3.05, 3.63) is 77.8 Å². The molecule has 1 amide bonds. The minimum Gasteiger partial charge on any atom is -0.392 e. The number of anilines is 1. The largest absolute Gasteiger partial charge is 0.392 e. The summed E-state index contributed by atoms with van der Waals surface area (Å²) in [6.07, 6.45) is 8.22. The number of amides is 1. The number of carbonyl (C=O) groups is 2. The van der Waals surface area contributed by atoms with Crippen LogP contribution in [-0.2, 0) is 9.59 Å². The lowest BCUT2D eigenvalue weighted by Crippen LogP contribution is -2.22. The average Bonchev–Trinajstić information content (AvgIpc) is 3.54. The Morgan fingerprint density at radius 3 is 2.52 bits per heavy atom. The van der Waals surface area contributed by atoms with E-state index < -0.39 is 0 Å². The second kappa shape index (κ2) is 13.6. The standard InChI is InChI=1S/C25H31N3O3.C7H10N2/c1-17(2)25(18(3)29)20-7-4-6-19(14-20)21-9-10-23(26-15-21)27-24(31)8-5-12-28-13-11-22(30)16-28;1-5-4-7(9-8-5)6-2-3-6/h4-10,14-15,17,22,25,30H,11-13,16H2,1-3H3,(H,26,27,31);4,6H,2-3H2,1H3,(H,8,9)/b8-5+;. The van der Waals surface area contributed by atoms with E-state index in [2.05, 4.69) is 45.3 Å². The molecule has 0 spiro atoms. The number of pyridine rings is 1. The summed E-state index contributed by atoms with van der Waals surface area (Å²) in [5.41, 5.74) is 5.36. The number of carbonyl (C=O) groups excluding carboxylic acids is 2. The first-order valence-corrected chi connectivity index (χ1v) is 14.2. The van der Waals surface area contributed by atoms with Gasteiger partial charge in [0.15, 0.2) is 0 Å². The molecule has 2 atom stereocenters. The van der Waals surface area contributed by atoms with E-state index in [0.717, 1.165) is 35.6 Å². The molecule has 8 heteroatoms. The molecule has 1 aromatic carbocycles. The Kier molecular flexibility index (Phi) is 10.0. The third-order valence-corrected chi connectivity index (χ3v) is 7.30. The fraction of sp³-hybridized carbons (Fsp3) is 0.438. The monoisotopic (exact) mass is 543 g/mol. The van der Waals surface area contributed by atoms with Crippen molar-refractivity contribution in [1.29, 1.82) is 0 Å². The summed E-state index contributed by atoms with van der Waals surface area (Å²) in [5, 5.41) is 19.4. The number of likely N-dealkylation sites (tertiary alicyclic amines) is 1. The summed E-state index contributed by atoms with van der Waals surface area (Å²) in [6.45, 7) is 9.94. The molecule has 3 N–H and O–H groups in total. The molecule has 40 heavy (non-hydrogen) atoms. The minimum absolute atomic E-state index is 0.123. The van der Waals surface area contributed by atoms with Gasteiger partial charge in [-0.05, 0) is 68.4 Å². The van der Waals surface area contributed by atoms with Crippen LogP contribution in [0.4, 0.5) is 5.82 Å². The smallest absolute Gasteiger partial charge is 0.249 e. The maximum Gasteiger partial charge on any atom is 0.249 e. The number of H-pyrrole nitrogens is 1. The SMILES string of the molecule is CC(=O)C(c1cccc(-c2ccc(NC(=O)/C=C/CN3CCC(O)C3)nc2)c1)C(C)C.Cc1cc(C2CC2)n[nH]1. The number of hydrogen-bond donors (Lipinski definition) is 3. The number of rotatable bonds is 9. The highest BCUT2D eigenvalue weighted by molar-refractivity contribution is 5.98. The zero-order valence-corrected chi connectivity index (χ0v) is 23.9. The number of β-amino-alcohol motifs (C(OH)–C–C–N with tert-alkyl or cyclic N) is 1. The number of Topliss-reactive ketones (excluding diaryl/α,β-unsaturated/α-hetero) is 1. The Bertz CT molecular complexity index is 1310. The number of ketones is 1. The van der Waals surface area contributed by atoms with E-state index >= 15 is 0 Å². The lowest BCUT2D eigenvalue weighted by molar-refractivity contribution is -0.119. The van der Waals surface area contributed by atoms with E-state index in [4.69, 9.17) is 0 Å². The molecule has 5 rings (SSSR count). The van der Waals surface area contributed by atoms with Crippen LogP contribution in [0.5, 0.6) is 0 Å². The first-order chi connectivity index (χ1) is 19.2. The van der Waals surface area contributed by atoms with Gasteiger partial charge >= 0.3 is 0 Å². The van der Waals surface area contributed by atoms with Crippen LogP contribution in [0.3, 0.4) is 0 Å². The van der Waals surface area contributed by atoms with Gasteiger partial charge in [-0.1, -0.05) is 44.2 Å². The van der Waals surface area contributed by atoms with Crippen molar-refractivity contribution in [3.8, 4) is 11.1 Å². The van der Waals surface area contributed by atoms with Gasteiger partial charge in [0.25, 0.3) is 0 Å². The topological polar surface area (TPSA) is 111 Å². The van der Waals surface area contributed by atoms with Crippen LogP contribution in [0.2, 0.25) is 0 Å². The highest BCUT2D eigenvalue weighted by Crippen LogP contribution is 2.38. The first kappa shape index (κ1) is 29.4. The zero-order valence-electron chi connectivity index (χ0n) is 23.9. The van der Waals surface area contributed by atoms with Crippen LogP contribution < -0.4 is 5.32 Å². The van der Waals surface area contributed by atoms with E-state index in [-0.39, 0.29) is 29.6 Å². The van der Waals surface area contributed by atoms with Crippen molar-refractivity contribution in [2.24, 2.45) is 5.92 Å². The van der Waals surface area contributed by atoms with Crippen molar-refractivity contribution >= 4 is 17.5 Å². The molecule has 0 bridgehead atoms. The number of benzene rings is 1. The Labute approximate surface area is 236 Å². The van der Waals surface area contributed by atoms with E-state index in [0.29, 0.717) is 18.9 Å². The van der Waals surface area contributed by atoms with Gasteiger partial charge in [-0.3, -0.25) is 19.6 Å². The molecule has 3 aromatic rings. The predicted molar refractivity (Wildman–Crippen MR) is 158 cm³/mol. The van der Waals surface area contributed by atoms with Gasteiger partial charge < -0.3 is 10.4 Å². The molecule has 1 saturated carbocycles. The summed E-state index contributed by atoms with van der Waals surface area (Å²) < 4.78 is 0. The number of hydrogen-bond acceptors (Lipinski definition) is 6. The number of aryl methyl sites for hydroxylation is 1. The van der Waals surface area contributed by atoms with Crippen molar-refractivity contribution in [1.82, 2.24) is 20.1 Å². The summed E-state index contributed by atoms with van der Waals surface area (Å²) in [7, 11) is 0. The fourth-order valence-electron chi connectivity index (χ4n) is 5.12. The molecule has 8 nitrogen and oxygen atoms in total. The van der Waals surface area contributed by atoms with Gasteiger partial charge in [-0.25, -0.2) is 4.98 Å². The van der Waals surface area contributed by atoms with Gasteiger partial charge in [0.1, 0.15) is 11.6 Å². The molecule has 1 saturated heterocycles. The molecule has 212 valence electrons. The summed E-state index contributed by atoms with van der Waals surface area (Å²) in [4.78, 5) is 30.6. The molecule has 3 heterocycles. The Morgan fingerprint density at radius 2 is 1.95 bits per heavy atom. The Morgan fingerprint density at radius 1 is 1.15 bits per heavy atom. The van der Waals surface area contributed by atoms with Crippen LogP contribution in [0.15, 0.2) is 60.8 Å². The van der Waals surface area contributed by atoms with E-state index in [1.165, 1.54) is 30.3 Å². The number of nitrogens with one attached hydrogen (secondary N) is 2. The van der Waals surface area contributed by atoms with Crippen molar-refractivity contribution < 1.29 is 14.7 Å². The molecule has 2 aliphatic rings. The second-order valence-electron chi connectivity index (χ2n) is 11.2. The van der Waals surface area contributed by atoms with Gasteiger partial charge in [-0.2, -0.15) is 5.10 Å². The second-order valence-corrected chi connectivity index (χ2v) is 11.2. The zero-order chi connectivity index (χ0) is 28.6. The number of nitrogens with zero attached hydrogens (tertiary/aromatic N) is 3. The van der Waals surface area contributed by atoms with Gasteiger partial charge in [0.2, 0.25) is 5.91 Å². The Hall–Kier alpha value is -3.62. The molecule has 2 fully saturated rings. The van der Waals surface area contributed by atoms with Gasteiger partial charge in [-0.15, -0.1) is 0 Å². The van der Waals surface area contributed by atoms with Crippen molar-refractivity contribution in [3.63, 3.8) is 0 Å². The van der Waals surface area contributed by atoms with Gasteiger partial charge in [0.05, 0.1) is 11.8 Å². The first-order valence-electron chi connectivity index (χ1n) is 14.2. The number of aliphatic hydroxyl groups excluding tert-OH is 1. The molecule has 0 radical (unpaired) electrons. The fourth-order valence-corrected chi connectivity index (χ4v) is 5.12. The maximum atomic E-state index is 12.1. The molecule has 2 aromatic heterocycles. The third kappa shape index (κ3) is 8.44. The normalized spacial score (nSPS) is 18.0. The van der Waals surface area contributed by atoms with Crippen LogP contribution in [0.25, 0.3) is 11.1 Å². The summed E-state index contributed by atoms with van der Waals surface area (Å²) >= 11 is 0. The van der Waals surface area contributed by atoms with E-state index in [1.54, 1.807) is 25.3 Å². The predicted octanol–water partition coefficient (Wildman–Crippen LogP) is 5.23. The molecular weight excluding hydrogens is 502 g/mol. The number of aliphatic hydroxyl groups is 1. The number of aromatic amines is 1. The van der Waals surface area contributed by atoms with Gasteiger partial charge in [0, 0.05) is 55.0 Å². The highest BCUT2D eigenvalue weighted by atomic mass is 16.3. The highest BCUT2D eigenvalue weighted by Gasteiger charge is 2.25. The quantitative estimate of drug-likeness (QED) is 0.319. The van der Waals surface area contributed by atoms with Crippen molar-refractivity contribution in [2.45, 2.75) is 64.9 Å². The average molecular weight is 544 g/mol. The molecule has 1 aliphatic carbocycles. The maximum absolute atomic E-state index is 12.1. The molecule has 2 unspecified atom stereocenters. The van der Waals surface area contributed by atoms with Crippen LogP contribution in [-0.4, -0.2) is 62.6 Å². The molecule has 1 aliphatic heterocycles. The van der Waals surface area contributed by atoms with Crippen molar-refractivity contribution in [2.75, 3.05) is 25.0 Å². The summed E-state index contributed by atoms with van der Waals surface area (Å²) in [5.74, 6) is 1.31. The Balaban J connectivity index is 0.000000343. The van der Waals surface area contributed by atoms with Crippen LogP contribution >= 0.6 is 0 Å². The molecular formula is C32H41N5O3. The lowest BCUT2D eigenvalue weighted by atomic mass is 9.84. The summed E-state index contributed by atoms with van der Waals surface area (Å²) in [6, 6.07) is 13.8. The van der Waals surface area contributed by atoms with E-state index in [1.807, 2.05) is 37.3 Å². The van der Waals surface area contributed by atoms with Crippen LogP contribution in [0, 0.1) is 12.8 Å².